The number of hydrogen-bond donors (Lipinski definition) is 1. The van der Waals surface area contributed by atoms with Crippen molar-refractivity contribution in [3.05, 3.63) is 56.7 Å². The van der Waals surface area contributed by atoms with Crippen LogP contribution in [0.25, 0.3) is 11.0 Å². The SMILES string of the molecule is CC(C)n1cnc2c(C(O)(c3ccc(C(F)(F)F)c(Cl)c3)C(F)(F)F)n(C)nc2c1=O. The summed E-state index contributed by atoms with van der Waals surface area (Å²) in [4.78, 5) is 16.5. The van der Waals surface area contributed by atoms with Crippen LogP contribution in [0.4, 0.5) is 26.3 Å². The van der Waals surface area contributed by atoms with E-state index in [0.717, 1.165) is 17.9 Å². The summed E-state index contributed by atoms with van der Waals surface area (Å²) < 4.78 is 83.2. The van der Waals surface area contributed by atoms with E-state index < -0.39 is 56.4 Å². The molecule has 0 bridgehead atoms. The average molecular weight is 469 g/mol. The number of hydrogen-bond acceptors (Lipinski definition) is 4. The molecule has 0 fully saturated rings. The Morgan fingerprint density at radius 2 is 1.71 bits per heavy atom. The number of alkyl halides is 6. The highest BCUT2D eigenvalue weighted by molar-refractivity contribution is 6.31. The molecule has 0 spiro atoms. The Kier molecular flexibility index (Phi) is 5.38. The molecule has 0 radical (unpaired) electrons. The predicted molar refractivity (Wildman–Crippen MR) is 98.7 cm³/mol. The van der Waals surface area contributed by atoms with Crippen molar-refractivity contribution in [2.45, 2.75) is 37.8 Å². The van der Waals surface area contributed by atoms with E-state index in [1.807, 2.05) is 0 Å². The van der Waals surface area contributed by atoms with Crippen LogP contribution in [0.15, 0.2) is 29.3 Å². The van der Waals surface area contributed by atoms with Crippen molar-refractivity contribution in [1.82, 2.24) is 19.3 Å². The third-order valence-corrected chi connectivity index (χ3v) is 5.08. The van der Waals surface area contributed by atoms with Gasteiger partial charge in [-0.05, 0) is 26.0 Å². The Morgan fingerprint density at radius 3 is 2.19 bits per heavy atom. The Hall–Kier alpha value is -2.60. The molecule has 1 aromatic carbocycles. The highest BCUT2D eigenvalue weighted by atomic mass is 35.5. The summed E-state index contributed by atoms with van der Waals surface area (Å²) in [5, 5.41) is 13.6. The first-order chi connectivity index (χ1) is 14.1. The first-order valence-corrected chi connectivity index (χ1v) is 9.09. The number of aryl methyl sites for hydroxylation is 1. The fourth-order valence-corrected chi connectivity index (χ4v) is 3.54. The minimum atomic E-state index is -5.43. The molecule has 1 N–H and O–H groups in total. The molecule has 168 valence electrons. The standard InChI is InChI=1S/C18H15ClF6N4O2/c1-8(2)29-7-26-12-13(15(29)30)27-28(3)14(12)16(31,18(23,24)25)9-4-5-10(11(19)6-9)17(20,21)22/h4-8,31H,1-3H3. The highest BCUT2D eigenvalue weighted by Crippen LogP contribution is 2.47. The number of rotatable bonds is 3. The monoisotopic (exact) mass is 468 g/mol. The van der Waals surface area contributed by atoms with Gasteiger partial charge < -0.3 is 5.11 Å². The summed E-state index contributed by atoms with van der Waals surface area (Å²) in [5.41, 5.74) is -8.86. The van der Waals surface area contributed by atoms with Crippen LogP contribution in [0.5, 0.6) is 0 Å². The molecule has 0 aliphatic carbocycles. The normalized spacial score (nSPS) is 15.0. The Labute approximate surface area is 175 Å². The van der Waals surface area contributed by atoms with Crippen LogP contribution in [-0.2, 0) is 18.8 Å². The Balaban J connectivity index is 2.37. The third kappa shape index (κ3) is 3.57. The lowest BCUT2D eigenvalue weighted by Crippen LogP contribution is -2.45. The van der Waals surface area contributed by atoms with Crippen molar-refractivity contribution in [1.29, 1.82) is 0 Å². The van der Waals surface area contributed by atoms with Crippen LogP contribution >= 0.6 is 11.6 Å². The van der Waals surface area contributed by atoms with Crippen molar-refractivity contribution in [3.8, 4) is 0 Å². The van der Waals surface area contributed by atoms with Gasteiger partial charge in [-0.2, -0.15) is 31.4 Å². The van der Waals surface area contributed by atoms with Crippen LogP contribution in [0, 0.1) is 0 Å². The molecular weight excluding hydrogens is 454 g/mol. The molecule has 3 rings (SSSR count). The van der Waals surface area contributed by atoms with Crippen LogP contribution in [0.1, 0.15) is 36.7 Å². The zero-order chi connectivity index (χ0) is 23.5. The number of benzene rings is 1. The summed E-state index contributed by atoms with van der Waals surface area (Å²) in [7, 11) is 1.05. The van der Waals surface area contributed by atoms with Gasteiger partial charge in [0, 0.05) is 18.7 Å². The Morgan fingerprint density at radius 1 is 1.10 bits per heavy atom. The molecule has 6 nitrogen and oxygen atoms in total. The van der Waals surface area contributed by atoms with Crippen LogP contribution < -0.4 is 5.56 Å². The molecule has 0 saturated carbocycles. The molecule has 1 unspecified atom stereocenters. The van der Waals surface area contributed by atoms with Crippen LogP contribution in [0.3, 0.4) is 0 Å². The van der Waals surface area contributed by atoms with E-state index in [1.165, 1.54) is 0 Å². The lowest BCUT2D eigenvalue weighted by molar-refractivity contribution is -0.250. The number of aromatic nitrogens is 4. The molecule has 3 aromatic rings. The van der Waals surface area contributed by atoms with Crippen molar-refractivity contribution in [2.75, 3.05) is 0 Å². The summed E-state index contributed by atoms with van der Waals surface area (Å²) in [6, 6.07) is 0.819. The molecule has 13 heteroatoms. The van der Waals surface area contributed by atoms with Gasteiger partial charge in [-0.1, -0.05) is 17.7 Å². The number of aliphatic hydroxyl groups is 1. The van der Waals surface area contributed by atoms with Gasteiger partial charge in [0.2, 0.25) is 5.60 Å². The maximum Gasteiger partial charge on any atom is 0.427 e. The van der Waals surface area contributed by atoms with Crippen molar-refractivity contribution in [3.63, 3.8) is 0 Å². The minimum Gasteiger partial charge on any atom is -0.371 e. The lowest BCUT2D eigenvalue weighted by Gasteiger charge is -2.31. The smallest absolute Gasteiger partial charge is 0.371 e. The van der Waals surface area contributed by atoms with Gasteiger partial charge in [-0.15, -0.1) is 0 Å². The van der Waals surface area contributed by atoms with E-state index in [9.17, 15) is 36.2 Å². The first-order valence-electron chi connectivity index (χ1n) is 8.71. The van der Waals surface area contributed by atoms with Crippen LogP contribution in [-0.4, -0.2) is 30.6 Å². The summed E-state index contributed by atoms with van der Waals surface area (Å²) in [5.74, 6) is 0. The van der Waals surface area contributed by atoms with Gasteiger partial charge in [0.25, 0.3) is 5.56 Å². The summed E-state index contributed by atoms with van der Waals surface area (Å²) in [6.45, 7) is 3.30. The molecule has 0 amide bonds. The van der Waals surface area contributed by atoms with Crippen LogP contribution in [0.2, 0.25) is 5.02 Å². The van der Waals surface area contributed by atoms with Gasteiger partial charge in [0.15, 0.2) is 5.52 Å². The van der Waals surface area contributed by atoms with Crippen molar-refractivity contribution < 1.29 is 31.4 Å². The molecule has 1 atom stereocenters. The molecular formula is C18H15ClF6N4O2. The van der Waals surface area contributed by atoms with Gasteiger partial charge in [0.1, 0.15) is 11.2 Å². The summed E-state index contributed by atoms with van der Waals surface area (Å²) in [6.07, 6.45) is -9.32. The van der Waals surface area contributed by atoms with Gasteiger partial charge in [-0.3, -0.25) is 14.0 Å². The molecule has 0 saturated heterocycles. The third-order valence-electron chi connectivity index (χ3n) is 4.77. The average Bonchev–Trinajstić information content (AvgIpc) is 2.96. The topological polar surface area (TPSA) is 72.9 Å². The zero-order valence-corrected chi connectivity index (χ0v) is 16.9. The van der Waals surface area contributed by atoms with E-state index in [1.54, 1.807) is 13.8 Å². The second-order valence-electron chi connectivity index (χ2n) is 7.12. The highest BCUT2D eigenvalue weighted by Gasteiger charge is 2.59. The minimum absolute atomic E-state index is 0.339. The van der Waals surface area contributed by atoms with E-state index in [0.29, 0.717) is 22.9 Å². The van der Waals surface area contributed by atoms with E-state index >= 15 is 0 Å². The quantitative estimate of drug-likeness (QED) is 0.585. The van der Waals surface area contributed by atoms with E-state index in [2.05, 4.69) is 10.1 Å². The fourth-order valence-electron chi connectivity index (χ4n) is 3.25. The molecule has 0 aliphatic heterocycles. The largest absolute Gasteiger partial charge is 0.427 e. The van der Waals surface area contributed by atoms with Crippen molar-refractivity contribution in [2.24, 2.45) is 7.05 Å². The molecule has 2 aromatic heterocycles. The zero-order valence-electron chi connectivity index (χ0n) is 16.2. The fraction of sp³-hybridized carbons (Fsp3) is 0.389. The summed E-state index contributed by atoms with van der Waals surface area (Å²) >= 11 is 5.58. The van der Waals surface area contributed by atoms with Gasteiger partial charge in [0.05, 0.1) is 16.9 Å². The molecule has 2 heterocycles. The first kappa shape index (κ1) is 23.1. The van der Waals surface area contributed by atoms with E-state index in [4.69, 9.17) is 11.6 Å². The second-order valence-corrected chi connectivity index (χ2v) is 7.53. The van der Waals surface area contributed by atoms with Gasteiger partial charge in [-0.25, -0.2) is 4.98 Å². The van der Waals surface area contributed by atoms with E-state index in [-0.39, 0.29) is 6.04 Å². The molecule has 31 heavy (non-hydrogen) atoms. The second kappa shape index (κ2) is 7.23. The van der Waals surface area contributed by atoms with Crippen molar-refractivity contribution >= 4 is 22.6 Å². The lowest BCUT2D eigenvalue weighted by atomic mass is 9.88. The number of nitrogens with zero attached hydrogens (tertiary/aromatic N) is 4. The Bertz CT molecular complexity index is 1210. The maximum absolute atomic E-state index is 14.2. The number of fused-ring (bicyclic) bond motifs is 1. The molecule has 0 aliphatic rings. The number of halogens is 7. The van der Waals surface area contributed by atoms with Gasteiger partial charge >= 0.3 is 12.4 Å². The maximum atomic E-state index is 14.2. The predicted octanol–water partition coefficient (Wildman–Crippen LogP) is 4.18.